The molecular formula is C19H28N2O3. The van der Waals surface area contributed by atoms with Crippen molar-refractivity contribution in [2.75, 3.05) is 13.1 Å². The van der Waals surface area contributed by atoms with Gasteiger partial charge in [0.2, 0.25) is 5.91 Å². The Labute approximate surface area is 144 Å². The van der Waals surface area contributed by atoms with Gasteiger partial charge in [-0.15, -0.1) is 0 Å². The maximum absolute atomic E-state index is 12.5. The Morgan fingerprint density at radius 2 is 2.04 bits per heavy atom. The molecular weight excluding hydrogens is 304 g/mol. The number of likely N-dealkylation sites (tertiary alicyclic amines) is 1. The number of nitrogens with one attached hydrogen (secondary N) is 1. The molecule has 1 saturated heterocycles. The van der Waals surface area contributed by atoms with Crippen molar-refractivity contribution in [3.63, 3.8) is 0 Å². The van der Waals surface area contributed by atoms with Crippen molar-refractivity contribution < 1.29 is 14.7 Å². The Balaban J connectivity index is 1.93. The fourth-order valence-corrected chi connectivity index (χ4v) is 3.21. The molecule has 3 atom stereocenters. The fourth-order valence-electron chi connectivity index (χ4n) is 3.21. The number of amides is 1. The molecule has 0 aliphatic carbocycles. The van der Waals surface area contributed by atoms with Crippen LogP contribution in [0.5, 0.6) is 0 Å². The number of carboxylic acids is 1. The molecule has 1 aromatic carbocycles. The summed E-state index contributed by atoms with van der Waals surface area (Å²) in [6, 6.07) is 9.42. The van der Waals surface area contributed by atoms with Gasteiger partial charge in [0.15, 0.2) is 0 Å². The van der Waals surface area contributed by atoms with Crippen molar-refractivity contribution >= 4 is 11.9 Å². The number of aliphatic carboxylic acids is 1. The first-order chi connectivity index (χ1) is 11.5. The Hall–Kier alpha value is -1.88. The van der Waals surface area contributed by atoms with Gasteiger partial charge < -0.3 is 10.4 Å². The van der Waals surface area contributed by atoms with E-state index < -0.39 is 12.0 Å². The van der Waals surface area contributed by atoms with Gasteiger partial charge >= 0.3 is 5.97 Å². The number of nitrogens with zero attached hydrogens (tertiary/aromatic N) is 1. The third-order valence-electron chi connectivity index (χ3n) is 4.90. The number of carbonyl (C=O) groups is 2. The van der Waals surface area contributed by atoms with Crippen molar-refractivity contribution in [2.24, 2.45) is 11.8 Å². The average Bonchev–Trinajstić information content (AvgIpc) is 2.59. The molecule has 1 aromatic rings. The highest BCUT2D eigenvalue weighted by Gasteiger charge is 2.31. The van der Waals surface area contributed by atoms with Gasteiger partial charge in [-0.2, -0.15) is 0 Å². The standard InChI is InChI=1S/C19H28N2O3/c1-3-14(2)17(19(23)24)20-18(22)16-10-7-11-21(13-16)12-15-8-5-4-6-9-15/h4-6,8-9,14,16-17H,3,7,10-13H2,1-2H3,(H,20,22)(H,23,24)/t14-,16+,17-/m0/s1. The predicted octanol–water partition coefficient (Wildman–Crippen LogP) is 2.51. The van der Waals surface area contributed by atoms with E-state index in [1.807, 2.05) is 32.0 Å². The second kappa shape index (κ2) is 8.83. The van der Waals surface area contributed by atoms with Crippen LogP contribution < -0.4 is 5.32 Å². The summed E-state index contributed by atoms with van der Waals surface area (Å²) < 4.78 is 0. The van der Waals surface area contributed by atoms with E-state index in [0.29, 0.717) is 6.54 Å². The smallest absolute Gasteiger partial charge is 0.326 e. The summed E-state index contributed by atoms with van der Waals surface area (Å²) in [5.41, 5.74) is 1.24. The highest BCUT2D eigenvalue weighted by molar-refractivity contribution is 5.85. The largest absolute Gasteiger partial charge is 0.480 e. The van der Waals surface area contributed by atoms with Crippen molar-refractivity contribution in [3.05, 3.63) is 35.9 Å². The predicted molar refractivity (Wildman–Crippen MR) is 93.5 cm³/mol. The zero-order chi connectivity index (χ0) is 17.5. The zero-order valence-electron chi connectivity index (χ0n) is 14.6. The lowest BCUT2D eigenvalue weighted by Gasteiger charge is -2.33. The Bertz CT molecular complexity index is 547. The summed E-state index contributed by atoms with van der Waals surface area (Å²) in [6.07, 6.45) is 2.51. The summed E-state index contributed by atoms with van der Waals surface area (Å²) in [7, 11) is 0. The van der Waals surface area contributed by atoms with Gasteiger partial charge in [0.1, 0.15) is 6.04 Å². The maximum Gasteiger partial charge on any atom is 0.326 e. The quantitative estimate of drug-likeness (QED) is 0.805. The Morgan fingerprint density at radius 3 is 2.67 bits per heavy atom. The molecule has 0 aromatic heterocycles. The molecule has 1 aliphatic heterocycles. The topological polar surface area (TPSA) is 69.6 Å². The first-order valence-corrected chi connectivity index (χ1v) is 8.80. The lowest BCUT2D eigenvalue weighted by molar-refractivity contribution is -0.144. The molecule has 0 spiro atoms. The number of hydrogen-bond acceptors (Lipinski definition) is 3. The number of benzene rings is 1. The average molecular weight is 332 g/mol. The molecule has 0 unspecified atom stereocenters. The van der Waals surface area contributed by atoms with Crippen LogP contribution in [0.1, 0.15) is 38.7 Å². The molecule has 1 aliphatic rings. The number of carboxylic acid groups (broad SMARTS) is 1. The SMILES string of the molecule is CC[C@H](C)[C@H](NC(=O)[C@@H]1CCCN(Cc2ccccc2)C1)C(=O)O. The van der Waals surface area contributed by atoms with Gasteiger partial charge in [-0.05, 0) is 30.9 Å². The molecule has 0 bridgehead atoms. The van der Waals surface area contributed by atoms with E-state index in [-0.39, 0.29) is 17.7 Å². The number of carbonyl (C=O) groups excluding carboxylic acids is 1. The molecule has 0 saturated carbocycles. The molecule has 0 radical (unpaired) electrons. The molecule has 1 fully saturated rings. The van der Waals surface area contributed by atoms with Gasteiger partial charge in [0.05, 0.1) is 5.92 Å². The molecule has 5 heteroatoms. The molecule has 2 N–H and O–H groups in total. The first kappa shape index (κ1) is 18.5. The summed E-state index contributed by atoms with van der Waals surface area (Å²) in [6.45, 7) is 6.30. The minimum Gasteiger partial charge on any atom is -0.480 e. The van der Waals surface area contributed by atoms with E-state index in [4.69, 9.17) is 0 Å². The second-order valence-electron chi connectivity index (χ2n) is 6.77. The minimum absolute atomic E-state index is 0.0736. The highest BCUT2D eigenvalue weighted by Crippen LogP contribution is 2.20. The third kappa shape index (κ3) is 5.06. The van der Waals surface area contributed by atoms with E-state index in [1.54, 1.807) is 0 Å². The normalized spacial score (nSPS) is 21.0. The third-order valence-corrected chi connectivity index (χ3v) is 4.90. The van der Waals surface area contributed by atoms with Crippen LogP contribution >= 0.6 is 0 Å². The van der Waals surface area contributed by atoms with E-state index in [1.165, 1.54) is 5.56 Å². The van der Waals surface area contributed by atoms with E-state index >= 15 is 0 Å². The van der Waals surface area contributed by atoms with Crippen LogP contribution in [0.3, 0.4) is 0 Å². The van der Waals surface area contributed by atoms with Crippen LogP contribution in [0.15, 0.2) is 30.3 Å². The minimum atomic E-state index is -0.949. The van der Waals surface area contributed by atoms with Crippen molar-refractivity contribution in [1.29, 1.82) is 0 Å². The summed E-state index contributed by atoms with van der Waals surface area (Å²) in [5.74, 6) is -1.28. The highest BCUT2D eigenvalue weighted by atomic mass is 16.4. The molecule has 1 heterocycles. The van der Waals surface area contributed by atoms with Crippen molar-refractivity contribution in [1.82, 2.24) is 10.2 Å². The molecule has 5 nitrogen and oxygen atoms in total. The summed E-state index contributed by atoms with van der Waals surface area (Å²) >= 11 is 0. The number of piperidine rings is 1. The first-order valence-electron chi connectivity index (χ1n) is 8.80. The van der Waals surface area contributed by atoms with E-state index in [0.717, 1.165) is 32.4 Å². The monoisotopic (exact) mass is 332 g/mol. The van der Waals surface area contributed by atoms with Crippen molar-refractivity contribution in [3.8, 4) is 0 Å². The lowest BCUT2D eigenvalue weighted by Crippen LogP contribution is -2.50. The van der Waals surface area contributed by atoms with Gasteiger partial charge in [0.25, 0.3) is 0 Å². The molecule has 24 heavy (non-hydrogen) atoms. The van der Waals surface area contributed by atoms with E-state index in [2.05, 4.69) is 22.3 Å². The van der Waals surface area contributed by atoms with Crippen LogP contribution in [0.25, 0.3) is 0 Å². The molecule has 132 valence electrons. The molecule has 1 amide bonds. The number of hydrogen-bond donors (Lipinski definition) is 2. The number of rotatable bonds is 7. The Morgan fingerprint density at radius 1 is 1.33 bits per heavy atom. The van der Waals surface area contributed by atoms with Gasteiger partial charge in [-0.1, -0.05) is 50.6 Å². The van der Waals surface area contributed by atoms with Crippen molar-refractivity contribution in [2.45, 2.75) is 45.7 Å². The van der Waals surface area contributed by atoms with E-state index in [9.17, 15) is 14.7 Å². The molecule has 2 rings (SSSR count). The lowest BCUT2D eigenvalue weighted by atomic mass is 9.94. The van der Waals surface area contributed by atoms with Gasteiger partial charge in [-0.25, -0.2) is 4.79 Å². The van der Waals surface area contributed by atoms with Gasteiger partial charge in [-0.3, -0.25) is 9.69 Å². The van der Waals surface area contributed by atoms with Crippen LogP contribution in [0.2, 0.25) is 0 Å². The Kier molecular flexibility index (Phi) is 6.79. The summed E-state index contributed by atoms with van der Waals surface area (Å²) in [4.78, 5) is 26.2. The zero-order valence-corrected chi connectivity index (χ0v) is 14.6. The van der Waals surface area contributed by atoms with Crippen LogP contribution in [0, 0.1) is 11.8 Å². The van der Waals surface area contributed by atoms with Crippen LogP contribution in [-0.2, 0) is 16.1 Å². The van der Waals surface area contributed by atoms with Gasteiger partial charge in [0, 0.05) is 13.1 Å². The summed E-state index contributed by atoms with van der Waals surface area (Å²) in [5, 5.41) is 12.1. The second-order valence-corrected chi connectivity index (χ2v) is 6.77. The van der Waals surface area contributed by atoms with Crippen LogP contribution in [0.4, 0.5) is 0 Å². The van der Waals surface area contributed by atoms with Crippen LogP contribution in [-0.4, -0.2) is 41.0 Å². The maximum atomic E-state index is 12.5. The fraction of sp³-hybridized carbons (Fsp3) is 0.579.